The molecule has 1 aliphatic carbocycles. The smallest absolute Gasteiger partial charge is 0.252 e. The van der Waals surface area contributed by atoms with Crippen molar-refractivity contribution >= 4 is 17.3 Å². The Bertz CT molecular complexity index is 663. The summed E-state index contributed by atoms with van der Waals surface area (Å²) in [6, 6.07) is 8.61. The van der Waals surface area contributed by atoms with Gasteiger partial charge in [-0.1, -0.05) is 38.0 Å². The van der Waals surface area contributed by atoms with Crippen LogP contribution in [-0.4, -0.2) is 35.3 Å². The molecule has 0 N–H and O–H groups in total. The number of aryl methyl sites for hydroxylation is 1. The summed E-state index contributed by atoms with van der Waals surface area (Å²) in [6.45, 7) is 5.07. The Labute approximate surface area is 144 Å². The molecule has 2 unspecified atom stereocenters. The Balaban J connectivity index is 1.65. The number of carbonyl (C=O) groups excluding carboxylic acids is 1. The SMILES string of the molecule is CCC1=NN(C2CCCC2)C2C(=O)N(c3ccccc3C)CCC12. The van der Waals surface area contributed by atoms with Crippen molar-refractivity contribution in [3.8, 4) is 0 Å². The van der Waals surface area contributed by atoms with Gasteiger partial charge in [0, 0.05) is 29.9 Å². The number of hydrogen-bond donors (Lipinski definition) is 0. The van der Waals surface area contributed by atoms with E-state index in [9.17, 15) is 4.79 Å². The highest BCUT2D eigenvalue weighted by Gasteiger charge is 2.48. The number of anilines is 1. The standard InChI is InChI=1S/C20H27N3O/c1-3-17-16-12-13-22(18-11-7-4-8-14(18)2)20(24)19(16)23(21-17)15-9-5-6-10-15/h4,7-8,11,15-16,19H,3,5-6,9-10,12-13H2,1-2H3. The summed E-state index contributed by atoms with van der Waals surface area (Å²) >= 11 is 0. The molecule has 2 atom stereocenters. The molecule has 1 aromatic rings. The number of hydrazone groups is 1. The molecule has 0 spiro atoms. The van der Waals surface area contributed by atoms with Crippen LogP contribution in [0.1, 0.15) is 51.0 Å². The highest BCUT2D eigenvalue weighted by Crippen LogP contribution is 2.38. The van der Waals surface area contributed by atoms with Gasteiger partial charge < -0.3 is 4.90 Å². The van der Waals surface area contributed by atoms with E-state index in [1.807, 2.05) is 17.0 Å². The number of amides is 1. The minimum absolute atomic E-state index is 0.0728. The maximum Gasteiger partial charge on any atom is 0.252 e. The highest BCUT2D eigenvalue weighted by molar-refractivity contribution is 6.04. The van der Waals surface area contributed by atoms with Crippen LogP contribution < -0.4 is 4.90 Å². The van der Waals surface area contributed by atoms with Crippen LogP contribution in [0.4, 0.5) is 5.69 Å². The summed E-state index contributed by atoms with van der Waals surface area (Å²) in [5, 5.41) is 7.13. The van der Waals surface area contributed by atoms with E-state index in [1.165, 1.54) is 37.0 Å². The Morgan fingerprint density at radius 3 is 2.62 bits per heavy atom. The predicted octanol–water partition coefficient (Wildman–Crippen LogP) is 3.74. The Kier molecular flexibility index (Phi) is 4.07. The van der Waals surface area contributed by atoms with Crippen LogP contribution in [0.25, 0.3) is 0 Å². The summed E-state index contributed by atoms with van der Waals surface area (Å²) in [4.78, 5) is 15.4. The summed E-state index contributed by atoms with van der Waals surface area (Å²) in [6.07, 6.45) is 6.89. The summed E-state index contributed by atoms with van der Waals surface area (Å²) in [5.41, 5.74) is 3.48. The first-order chi connectivity index (χ1) is 11.7. The Morgan fingerprint density at radius 2 is 1.92 bits per heavy atom. The van der Waals surface area contributed by atoms with Crippen molar-refractivity contribution in [2.24, 2.45) is 11.0 Å². The van der Waals surface area contributed by atoms with E-state index < -0.39 is 0 Å². The third-order valence-electron chi connectivity index (χ3n) is 5.99. The predicted molar refractivity (Wildman–Crippen MR) is 97.2 cm³/mol. The quantitative estimate of drug-likeness (QED) is 0.849. The van der Waals surface area contributed by atoms with Gasteiger partial charge in [-0.15, -0.1) is 0 Å². The second-order valence-electron chi connectivity index (χ2n) is 7.38. The van der Waals surface area contributed by atoms with Gasteiger partial charge >= 0.3 is 0 Å². The first-order valence-corrected chi connectivity index (χ1v) is 9.43. The molecule has 2 fully saturated rings. The van der Waals surface area contributed by atoms with Gasteiger partial charge in [0.15, 0.2) is 0 Å². The summed E-state index contributed by atoms with van der Waals surface area (Å²) in [5.74, 6) is 0.572. The molecule has 1 saturated carbocycles. The molecular formula is C20H27N3O. The monoisotopic (exact) mass is 325 g/mol. The lowest BCUT2D eigenvalue weighted by molar-refractivity contribution is -0.126. The van der Waals surface area contributed by atoms with Gasteiger partial charge in [0.05, 0.1) is 0 Å². The van der Waals surface area contributed by atoms with E-state index in [0.29, 0.717) is 12.0 Å². The summed E-state index contributed by atoms with van der Waals surface area (Å²) in [7, 11) is 0. The lowest BCUT2D eigenvalue weighted by Gasteiger charge is -2.40. The van der Waals surface area contributed by atoms with Gasteiger partial charge in [0.2, 0.25) is 0 Å². The molecule has 24 heavy (non-hydrogen) atoms. The fraction of sp³-hybridized carbons (Fsp3) is 0.600. The van der Waals surface area contributed by atoms with E-state index in [4.69, 9.17) is 5.10 Å². The molecule has 1 aromatic carbocycles. The molecule has 128 valence electrons. The lowest BCUT2D eigenvalue weighted by atomic mass is 9.85. The van der Waals surface area contributed by atoms with Gasteiger partial charge in [0.1, 0.15) is 6.04 Å². The van der Waals surface area contributed by atoms with Crippen LogP contribution in [0.2, 0.25) is 0 Å². The highest BCUT2D eigenvalue weighted by atomic mass is 16.2. The van der Waals surface area contributed by atoms with Crippen LogP contribution in [0, 0.1) is 12.8 Å². The van der Waals surface area contributed by atoms with Gasteiger partial charge in [-0.25, -0.2) is 0 Å². The number of benzene rings is 1. The maximum absolute atomic E-state index is 13.4. The van der Waals surface area contributed by atoms with Crippen LogP contribution >= 0.6 is 0 Å². The minimum Gasteiger partial charge on any atom is -0.310 e. The first kappa shape index (κ1) is 15.7. The number of nitrogens with zero attached hydrogens (tertiary/aromatic N) is 3. The molecule has 0 aromatic heterocycles. The van der Waals surface area contributed by atoms with Crippen molar-refractivity contribution in [2.45, 2.75) is 64.5 Å². The molecule has 0 bridgehead atoms. The number of para-hydroxylation sites is 1. The van der Waals surface area contributed by atoms with Crippen molar-refractivity contribution in [2.75, 3.05) is 11.4 Å². The van der Waals surface area contributed by atoms with Crippen LogP contribution in [0.5, 0.6) is 0 Å². The van der Waals surface area contributed by atoms with E-state index in [1.54, 1.807) is 0 Å². The largest absolute Gasteiger partial charge is 0.310 e. The number of carbonyl (C=O) groups is 1. The van der Waals surface area contributed by atoms with Crippen LogP contribution in [-0.2, 0) is 4.79 Å². The van der Waals surface area contributed by atoms with Gasteiger partial charge in [0.25, 0.3) is 5.91 Å². The zero-order valence-electron chi connectivity index (χ0n) is 14.7. The molecule has 1 amide bonds. The topological polar surface area (TPSA) is 35.9 Å². The molecule has 2 aliphatic heterocycles. The number of piperidine rings is 1. The zero-order chi connectivity index (χ0) is 16.7. The maximum atomic E-state index is 13.4. The van der Waals surface area contributed by atoms with Crippen molar-refractivity contribution in [1.82, 2.24) is 5.01 Å². The first-order valence-electron chi connectivity index (χ1n) is 9.43. The average molecular weight is 325 g/mol. The van der Waals surface area contributed by atoms with E-state index >= 15 is 0 Å². The Hall–Kier alpha value is -1.84. The second kappa shape index (κ2) is 6.23. The van der Waals surface area contributed by atoms with Crippen LogP contribution in [0.15, 0.2) is 29.4 Å². The third kappa shape index (κ3) is 2.43. The molecule has 1 saturated heterocycles. The molecule has 4 rings (SSSR count). The number of rotatable bonds is 3. The van der Waals surface area contributed by atoms with E-state index in [0.717, 1.165) is 25.1 Å². The van der Waals surface area contributed by atoms with Crippen molar-refractivity contribution < 1.29 is 4.79 Å². The average Bonchev–Trinajstić information content (AvgIpc) is 3.23. The third-order valence-corrected chi connectivity index (χ3v) is 5.99. The van der Waals surface area contributed by atoms with Gasteiger partial charge in [-0.05, 0) is 44.2 Å². The van der Waals surface area contributed by atoms with Gasteiger partial charge in [-0.3, -0.25) is 9.80 Å². The number of hydrogen-bond acceptors (Lipinski definition) is 3. The molecular weight excluding hydrogens is 298 g/mol. The van der Waals surface area contributed by atoms with E-state index in [-0.39, 0.29) is 11.9 Å². The number of fused-ring (bicyclic) bond motifs is 1. The fourth-order valence-corrected chi connectivity index (χ4v) is 4.71. The lowest BCUT2D eigenvalue weighted by Crippen LogP contribution is -2.55. The van der Waals surface area contributed by atoms with Crippen molar-refractivity contribution in [3.63, 3.8) is 0 Å². The zero-order valence-corrected chi connectivity index (χ0v) is 14.7. The molecule has 4 heteroatoms. The summed E-state index contributed by atoms with van der Waals surface area (Å²) < 4.78 is 0. The molecule has 3 aliphatic rings. The van der Waals surface area contributed by atoms with Crippen molar-refractivity contribution in [1.29, 1.82) is 0 Å². The fourth-order valence-electron chi connectivity index (χ4n) is 4.71. The Morgan fingerprint density at radius 1 is 1.17 bits per heavy atom. The molecule has 2 heterocycles. The second-order valence-corrected chi connectivity index (χ2v) is 7.38. The normalized spacial score (nSPS) is 27.6. The minimum atomic E-state index is -0.0728. The van der Waals surface area contributed by atoms with Gasteiger partial charge in [-0.2, -0.15) is 5.10 Å². The van der Waals surface area contributed by atoms with Crippen LogP contribution in [0.3, 0.4) is 0 Å². The molecule has 4 nitrogen and oxygen atoms in total. The van der Waals surface area contributed by atoms with Crippen molar-refractivity contribution in [3.05, 3.63) is 29.8 Å². The molecule has 0 radical (unpaired) electrons. The van der Waals surface area contributed by atoms with E-state index in [2.05, 4.69) is 31.0 Å².